The fourth-order valence-electron chi connectivity index (χ4n) is 1.54. The van der Waals surface area contributed by atoms with E-state index >= 15 is 0 Å². The van der Waals surface area contributed by atoms with Gasteiger partial charge in [0.2, 0.25) is 10.0 Å². The lowest BCUT2D eigenvalue weighted by molar-refractivity contribution is 0.392. The summed E-state index contributed by atoms with van der Waals surface area (Å²) in [4.78, 5) is 0.280. The average molecular weight is 307 g/mol. The Bertz CT molecular complexity index is 482. The van der Waals surface area contributed by atoms with Gasteiger partial charge in [0.05, 0.1) is 4.90 Å². The number of halogens is 1. The molecule has 1 rings (SSSR count). The van der Waals surface area contributed by atoms with Gasteiger partial charge >= 0.3 is 0 Å². The molecule has 19 heavy (non-hydrogen) atoms. The van der Waals surface area contributed by atoms with Gasteiger partial charge in [-0.15, -0.1) is 12.4 Å². The third-order valence-electron chi connectivity index (χ3n) is 3.35. The first-order valence-electron chi connectivity index (χ1n) is 6.18. The van der Waals surface area contributed by atoms with Crippen molar-refractivity contribution in [3.05, 3.63) is 29.8 Å². The van der Waals surface area contributed by atoms with E-state index in [0.717, 1.165) is 18.4 Å². The van der Waals surface area contributed by atoms with Crippen LogP contribution in [0.15, 0.2) is 29.2 Å². The minimum atomic E-state index is -3.46. The smallest absolute Gasteiger partial charge is 0.240 e. The van der Waals surface area contributed by atoms with E-state index in [1.165, 1.54) is 0 Å². The van der Waals surface area contributed by atoms with Crippen molar-refractivity contribution in [1.29, 1.82) is 0 Å². The molecule has 0 aromatic heterocycles. The van der Waals surface area contributed by atoms with Gasteiger partial charge in [0, 0.05) is 12.1 Å². The Balaban J connectivity index is 0.00000324. The van der Waals surface area contributed by atoms with Crippen molar-refractivity contribution < 1.29 is 8.42 Å². The number of nitrogens with one attached hydrogen (secondary N) is 1. The van der Waals surface area contributed by atoms with Crippen LogP contribution in [-0.2, 0) is 10.0 Å². The van der Waals surface area contributed by atoms with Gasteiger partial charge in [-0.1, -0.05) is 31.5 Å². The number of rotatable bonds is 6. The minimum absolute atomic E-state index is 0. The highest BCUT2D eigenvalue weighted by atomic mass is 35.5. The van der Waals surface area contributed by atoms with Gasteiger partial charge < -0.3 is 5.73 Å². The molecule has 0 aliphatic heterocycles. The zero-order valence-electron chi connectivity index (χ0n) is 11.6. The van der Waals surface area contributed by atoms with Gasteiger partial charge in [-0.2, -0.15) is 0 Å². The first-order chi connectivity index (χ1) is 8.33. The fraction of sp³-hybridized carbons (Fsp3) is 0.538. The van der Waals surface area contributed by atoms with Crippen molar-refractivity contribution in [3.8, 4) is 0 Å². The molecule has 0 saturated heterocycles. The topological polar surface area (TPSA) is 72.2 Å². The fourth-order valence-corrected chi connectivity index (χ4v) is 2.68. The predicted octanol–water partition coefficient (Wildman–Crippen LogP) is 2.21. The van der Waals surface area contributed by atoms with Crippen LogP contribution in [0.25, 0.3) is 0 Å². The lowest BCUT2D eigenvalue weighted by Gasteiger charge is -2.26. The van der Waals surface area contributed by atoms with Crippen LogP contribution < -0.4 is 10.5 Å². The maximum absolute atomic E-state index is 12.1. The van der Waals surface area contributed by atoms with Crippen molar-refractivity contribution in [2.24, 2.45) is 5.73 Å². The standard InChI is InChI=1S/C13H22N2O2S.ClH/c1-4-13(14,5-2)10-15-18(16,17)12-8-6-11(3)7-9-12;/h6-9,15H,4-5,10,14H2,1-3H3;1H. The van der Waals surface area contributed by atoms with Crippen LogP contribution in [0.1, 0.15) is 32.3 Å². The van der Waals surface area contributed by atoms with Crippen molar-refractivity contribution in [2.75, 3.05) is 6.54 Å². The second-order valence-corrected chi connectivity index (χ2v) is 6.47. The molecule has 0 atom stereocenters. The summed E-state index contributed by atoms with van der Waals surface area (Å²) in [5.74, 6) is 0. The van der Waals surface area contributed by atoms with Crippen LogP contribution in [0.5, 0.6) is 0 Å². The largest absolute Gasteiger partial charge is 0.324 e. The molecule has 0 bridgehead atoms. The maximum atomic E-state index is 12.1. The average Bonchev–Trinajstić information content (AvgIpc) is 2.37. The monoisotopic (exact) mass is 306 g/mol. The molecule has 0 aliphatic carbocycles. The summed E-state index contributed by atoms with van der Waals surface area (Å²) in [6.07, 6.45) is 1.47. The summed E-state index contributed by atoms with van der Waals surface area (Å²) in [6.45, 7) is 6.10. The second-order valence-electron chi connectivity index (χ2n) is 4.71. The second kappa shape index (κ2) is 7.24. The Morgan fingerprint density at radius 3 is 2.05 bits per heavy atom. The lowest BCUT2D eigenvalue weighted by Crippen LogP contribution is -2.49. The van der Waals surface area contributed by atoms with E-state index in [-0.39, 0.29) is 23.8 Å². The zero-order valence-corrected chi connectivity index (χ0v) is 13.3. The molecule has 0 radical (unpaired) electrons. The predicted molar refractivity (Wildman–Crippen MR) is 81.1 cm³/mol. The van der Waals surface area contributed by atoms with Crippen molar-refractivity contribution in [3.63, 3.8) is 0 Å². The summed E-state index contributed by atoms with van der Waals surface area (Å²) >= 11 is 0. The van der Waals surface area contributed by atoms with Gasteiger partial charge in [0.15, 0.2) is 0 Å². The van der Waals surface area contributed by atoms with Gasteiger partial charge in [0.1, 0.15) is 0 Å². The summed E-state index contributed by atoms with van der Waals surface area (Å²) in [6, 6.07) is 6.77. The SMILES string of the molecule is CCC(N)(CC)CNS(=O)(=O)c1ccc(C)cc1.Cl. The first kappa shape index (κ1) is 18.4. The Hall–Kier alpha value is -0.620. The highest BCUT2D eigenvalue weighted by Crippen LogP contribution is 2.13. The molecule has 3 N–H and O–H groups in total. The number of aryl methyl sites for hydroxylation is 1. The van der Waals surface area contributed by atoms with E-state index < -0.39 is 15.6 Å². The van der Waals surface area contributed by atoms with Crippen molar-refractivity contribution in [2.45, 2.75) is 44.0 Å². The third kappa shape index (κ3) is 5.10. The van der Waals surface area contributed by atoms with Gasteiger partial charge in [-0.25, -0.2) is 13.1 Å². The Morgan fingerprint density at radius 2 is 1.63 bits per heavy atom. The number of nitrogens with two attached hydrogens (primary N) is 1. The Morgan fingerprint density at radius 1 is 1.16 bits per heavy atom. The number of hydrogen-bond acceptors (Lipinski definition) is 3. The summed E-state index contributed by atoms with van der Waals surface area (Å²) in [7, 11) is -3.46. The number of sulfonamides is 1. The summed E-state index contributed by atoms with van der Waals surface area (Å²) in [5, 5.41) is 0. The normalized spacial score (nSPS) is 12.0. The Kier molecular flexibility index (Phi) is 7.00. The highest BCUT2D eigenvalue weighted by Gasteiger charge is 2.23. The number of hydrogen-bond donors (Lipinski definition) is 2. The van der Waals surface area contributed by atoms with E-state index in [9.17, 15) is 8.42 Å². The molecule has 4 nitrogen and oxygen atoms in total. The van der Waals surface area contributed by atoms with Crippen LogP contribution in [0.4, 0.5) is 0 Å². The summed E-state index contributed by atoms with van der Waals surface area (Å²) in [5.41, 5.74) is 6.64. The van der Waals surface area contributed by atoms with Crippen LogP contribution in [0.2, 0.25) is 0 Å². The van der Waals surface area contributed by atoms with Gasteiger partial charge in [0.25, 0.3) is 0 Å². The number of benzene rings is 1. The molecule has 1 aromatic rings. The maximum Gasteiger partial charge on any atom is 0.240 e. The molecular formula is C13H23ClN2O2S. The van der Waals surface area contributed by atoms with Crippen molar-refractivity contribution in [1.82, 2.24) is 4.72 Å². The zero-order chi connectivity index (χ0) is 13.8. The molecule has 1 aromatic carbocycles. The van der Waals surface area contributed by atoms with E-state index in [4.69, 9.17) is 5.73 Å². The highest BCUT2D eigenvalue weighted by molar-refractivity contribution is 7.89. The van der Waals surface area contributed by atoms with E-state index in [1.54, 1.807) is 24.3 Å². The quantitative estimate of drug-likeness (QED) is 0.846. The van der Waals surface area contributed by atoms with Gasteiger partial charge in [-0.3, -0.25) is 0 Å². The molecule has 0 unspecified atom stereocenters. The molecule has 0 fully saturated rings. The molecular weight excluding hydrogens is 284 g/mol. The van der Waals surface area contributed by atoms with Crippen LogP contribution in [-0.4, -0.2) is 20.5 Å². The van der Waals surface area contributed by atoms with Crippen LogP contribution in [0.3, 0.4) is 0 Å². The van der Waals surface area contributed by atoms with E-state index in [1.807, 2.05) is 20.8 Å². The molecule has 6 heteroatoms. The first-order valence-corrected chi connectivity index (χ1v) is 7.66. The summed E-state index contributed by atoms with van der Waals surface area (Å²) < 4.78 is 26.7. The molecule has 0 aliphatic rings. The third-order valence-corrected chi connectivity index (χ3v) is 4.77. The molecule has 0 spiro atoms. The van der Waals surface area contributed by atoms with E-state index in [0.29, 0.717) is 0 Å². The molecule has 0 amide bonds. The minimum Gasteiger partial charge on any atom is -0.324 e. The molecule has 0 saturated carbocycles. The lowest BCUT2D eigenvalue weighted by atomic mass is 9.95. The van der Waals surface area contributed by atoms with Crippen LogP contribution >= 0.6 is 12.4 Å². The Labute approximate surface area is 122 Å². The van der Waals surface area contributed by atoms with E-state index in [2.05, 4.69) is 4.72 Å². The van der Waals surface area contributed by atoms with Crippen molar-refractivity contribution >= 4 is 22.4 Å². The van der Waals surface area contributed by atoms with Gasteiger partial charge in [-0.05, 0) is 31.9 Å². The van der Waals surface area contributed by atoms with Crippen LogP contribution in [0, 0.1) is 6.92 Å². The molecule has 0 heterocycles. The molecule has 110 valence electrons.